The lowest BCUT2D eigenvalue weighted by Gasteiger charge is -2.08. The largest absolute Gasteiger partial charge is 0.497 e. The molecule has 0 saturated heterocycles. The van der Waals surface area contributed by atoms with Gasteiger partial charge in [-0.3, -0.25) is 0 Å². The molecule has 0 aliphatic rings. The molecule has 1 rings (SSSR count). The van der Waals surface area contributed by atoms with Gasteiger partial charge in [-0.05, 0) is 24.1 Å². The van der Waals surface area contributed by atoms with Crippen molar-refractivity contribution in [1.82, 2.24) is 0 Å². The molecule has 0 spiro atoms. The summed E-state index contributed by atoms with van der Waals surface area (Å²) >= 11 is 0. The maximum absolute atomic E-state index is 5.11. The average Bonchev–Trinajstić information content (AvgIpc) is 2.19. The van der Waals surface area contributed by atoms with Crippen molar-refractivity contribution in [2.45, 2.75) is 19.5 Å². The molecule has 0 fully saturated rings. The van der Waals surface area contributed by atoms with E-state index in [2.05, 4.69) is 31.8 Å². The van der Waals surface area contributed by atoms with Gasteiger partial charge in [-0.15, -0.1) is 6.58 Å². The van der Waals surface area contributed by atoms with Crippen molar-refractivity contribution in [2.75, 3.05) is 7.11 Å². The average molecular weight is 206 g/mol. The van der Waals surface area contributed by atoms with Gasteiger partial charge in [-0.2, -0.15) is 0 Å². The number of methoxy groups -OCH3 is 1. The second kappa shape index (κ2) is 5.01. The Bertz CT molecular complexity index is 301. The van der Waals surface area contributed by atoms with Crippen molar-refractivity contribution in [3.63, 3.8) is 0 Å². The molecule has 1 nitrogen and oxygen atoms in total. The molecule has 0 bridgehead atoms. The molecule has 0 aromatic heterocycles. The van der Waals surface area contributed by atoms with Crippen LogP contribution in [0.25, 0.3) is 0 Å². The van der Waals surface area contributed by atoms with Crippen LogP contribution in [0.5, 0.6) is 5.75 Å². The number of rotatable bonds is 4. The molecule has 0 radical (unpaired) electrons. The fraction of sp³-hybridized carbons (Fsp3) is 0.333. The van der Waals surface area contributed by atoms with Gasteiger partial charge < -0.3 is 4.74 Å². The maximum atomic E-state index is 5.11. The molecule has 1 aromatic rings. The molecule has 0 unspecified atom stereocenters. The Morgan fingerprint density at radius 1 is 1.29 bits per heavy atom. The van der Waals surface area contributed by atoms with Gasteiger partial charge in [-0.1, -0.05) is 30.4 Å². The molecule has 1 aromatic carbocycles. The Labute approximate surface area is 88.0 Å². The van der Waals surface area contributed by atoms with Gasteiger partial charge in [0.2, 0.25) is 0 Å². The third-order valence-electron chi connectivity index (χ3n) is 2.41. The zero-order valence-corrected chi connectivity index (χ0v) is 10.4. The summed E-state index contributed by atoms with van der Waals surface area (Å²) in [4.78, 5) is 0. The fourth-order valence-corrected chi connectivity index (χ4v) is 1.85. The number of benzene rings is 1. The van der Waals surface area contributed by atoms with E-state index in [0.29, 0.717) is 0 Å². The van der Waals surface area contributed by atoms with Crippen LogP contribution in [0.3, 0.4) is 0 Å². The quantitative estimate of drug-likeness (QED) is 0.688. The van der Waals surface area contributed by atoms with Crippen molar-refractivity contribution in [3.05, 3.63) is 41.6 Å². The van der Waals surface area contributed by atoms with Crippen LogP contribution in [-0.2, 0) is 6.42 Å². The summed E-state index contributed by atoms with van der Waals surface area (Å²) in [6, 6.07) is 8.23. The summed E-state index contributed by atoms with van der Waals surface area (Å²) in [6.45, 7) is 8.75. The van der Waals surface area contributed by atoms with Gasteiger partial charge in [0.1, 0.15) is 5.75 Å². The Hall–Kier alpha value is -1.02. The standard InChI is InChI=1S/C12H18OSi/c1-10(14(3)4)9-11-5-7-12(13-2)8-6-11/h5-8,14H,1,9H2,2-4H3. The van der Waals surface area contributed by atoms with Gasteiger partial charge >= 0.3 is 0 Å². The summed E-state index contributed by atoms with van der Waals surface area (Å²) in [7, 11) is 1.01. The van der Waals surface area contributed by atoms with Crippen LogP contribution in [0.15, 0.2) is 36.0 Å². The summed E-state index contributed by atoms with van der Waals surface area (Å²) < 4.78 is 5.11. The van der Waals surface area contributed by atoms with Crippen LogP contribution in [0.1, 0.15) is 5.56 Å². The lowest BCUT2D eigenvalue weighted by Crippen LogP contribution is -2.06. The first kappa shape index (κ1) is 11.1. The summed E-state index contributed by atoms with van der Waals surface area (Å²) in [5, 5.41) is 1.41. The monoisotopic (exact) mass is 206 g/mol. The Kier molecular flexibility index (Phi) is 3.95. The van der Waals surface area contributed by atoms with E-state index >= 15 is 0 Å². The van der Waals surface area contributed by atoms with Crippen LogP contribution in [0.4, 0.5) is 0 Å². The van der Waals surface area contributed by atoms with Crippen molar-refractivity contribution < 1.29 is 4.74 Å². The Morgan fingerprint density at radius 2 is 1.86 bits per heavy atom. The molecule has 0 aliphatic carbocycles. The van der Waals surface area contributed by atoms with Gasteiger partial charge in [0.15, 0.2) is 0 Å². The van der Waals surface area contributed by atoms with E-state index in [4.69, 9.17) is 4.74 Å². The van der Waals surface area contributed by atoms with Crippen LogP contribution in [0, 0.1) is 0 Å². The van der Waals surface area contributed by atoms with Crippen LogP contribution < -0.4 is 4.74 Å². The minimum Gasteiger partial charge on any atom is -0.497 e. The number of hydrogen-bond acceptors (Lipinski definition) is 1. The fourth-order valence-electron chi connectivity index (χ4n) is 1.21. The normalized spacial score (nSPS) is 10.3. The summed E-state index contributed by atoms with van der Waals surface area (Å²) in [5.74, 6) is 0.918. The highest BCUT2D eigenvalue weighted by Gasteiger charge is 2.02. The Balaban J connectivity index is 2.64. The highest BCUT2D eigenvalue weighted by atomic mass is 28.3. The predicted molar refractivity (Wildman–Crippen MR) is 64.7 cm³/mol. The lowest BCUT2D eigenvalue weighted by atomic mass is 10.1. The molecular weight excluding hydrogens is 188 g/mol. The number of hydrogen-bond donors (Lipinski definition) is 0. The van der Waals surface area contributed by atoms with Gasteiger partial charge in [0.05, 0.1) is 15.9 Å². The van der Waals surface area contributed by atoms with Crippen LogP contribution >= 0.6 is 0 Å². The Morgan fingerprint density at radius 3 is 2.29 bits per heavy atom. The van der Waals surface area contributed by atoms with Crippen molar-refractivity contribution >= 4 is 8.80 Å². The minimum atomic E-state index is -0.680. The second-order valence-corrected chi connectivity index (χ2v) is 6.96. The molecule has 2 heteroatoms. The van der Waals surface area contributed by atoms with Gasteiger partial charge in [-0.25, -0.2) is 0 Å². The first-order valence-electron chi connectivity index (χ1n) is 4.94. The summed E-state index contributed by atoms with van der Waals surface area (Å²) in [5.41, 5.74) is 1.33. The third-order valence-corrected chi connectivity index (χ3v) is 4.24. The highest BCUT2D eigenvalue weighted by molar-refractivity contribution is 6.63. The molecule has 0 saturated carbocycles. The molecular formula is C12H18OSi. The minimum absolute atomic E-state index is 0.680. The molecule has 0 aliphatic heterocycles. The van der Waals surface area contributed by atoms with E-state index in [9.17, 15) is 0 Å². The van der Waals surface area contributed by atoms with E-state index in [-0.39, 0.29) is 0 Å². The van der Waals surface area contributed by atoms with Crippen molar-refractivity contribution in [2.24, 2.45) is 0 Å². The zero-order valence-electron chi connectivity index (χ0n) is 9.21. The first-order valence-corrected chi connectivity index (χ1v) is 7.82. The molecule has 0 amide bonds. The maximum Gasteiger partial charge on any atom is 0.118 e. The molecule has 14 heavy (non-hydrogen) atoms. The predicted octanol–water partition coefficient (Wildman–Crippen LogP) is 2.82. The first-order chi connectivity index (χ1) is 6.63. The van der Waals surface area contributed by atoms with E-state index in [1.54, 1.807) is 7.11 Å². The third kappa shape index (κ3) is 3.03. The number of ether oxygens (including phenoxy) is 1. The highest BCUT2D eigenvalue weighted by Crippen LogP contribution is 2.14. The summed E-state index contributed by atoms with van der Waals surface area (Å²) in [6.07, 6.45) is 1.02. The second-order valence-electron chi connectivity index (χ2n) is 3.84. The van der Waals surface area contributed by atoms with Gasteiger partial charge in [0, 0.05) is 0 Å². The smallest absolute Gasteiger partial charge is 0.118 e. The number of allylic oxidation sites excluding steroid dienone is 1. The van der Waals surface area contributed by atoms with Crippen molar-refractivity contribution in [1.29, 1.82) is 0 Å². The lowest BCUT2D eigenvalue weighted by molar-refractivity contribution is 0.414. The van der Waals surface area contributed by atoms with Gasteiger partial charge in [0.25, 0.3) is 0 Å². The zero-order chi connectivity index (χ0) is 10.6. The topological polar surface area (TPSA) is 9.23 Å². The molecule has 0 heterocycles. The molecule has 0 atom stereocenters. The van der Waals surface area contributed by atoms with Crippen LogP contribution in [0.2, 0.25) is 13.1 Å². The van der Waals surface area contributed by atoms with E-state index in [1.165, 1.54) is 10.8 Å². The van der Waals surface area contributed by atoms with E-state index in [1.807, 2.05) is 12.1 Å². The van der Waals surface area contributed by atoms with E-state index < -0.39 is 8.80 Å². The molecule has 0 N–H and O–H groups in total. The SMILES string of the molecule is C=C(Cc1ccc(OC)cc1)[SiH](C)C. The molecule has 76 valence electrons. The van der Waals surface area contributed by atoms with E-state index in [0.717, 1.165) is 12.2 Å². The van der Waals surface area contributed by atoms with Crippen LogP contribution in [-0.4, -0.2) is 15.9 Å². The van der Waals surface area contributed by atoms with Crippen molar-refractivity contribution in [3.8, 4) is 5.75 Å².